The zero-order valence-corrected chi connectivity index (χ0v) is 16.2. The first-order chi connectivity index (χ1) is 13.6. The molecule has 1 heterocycles. The molecule has 0 saturated carbocycles. The molecule has 0 fully saturated rings. The second-order valence-electron chi connectivity index (χ2n) is 6.47. The Morgan fingerprint density at radius 3 is 2.00 bits per heavy atom. The Morgan fingerprint density at radius 2 is 1.39 bits per heavy atom. The molecule has 138 valence electrons. The summed E-state index contributed by atoms with van der Waals surface area (Å²) in [6, 6.07) is 27.5. The van der Waals surface area contributed by atoms with Crippen LogP contribution in [0.2, 0.25) is 0 Å². The van der Waals surface area contributed by atoms with Crippen molar-refractivity contribution in [2.75, 3.05) is 7.05 Å². The number of amides is 1. The summed E-state index contributed by atoms with van der Waals surface area (Å²) in [7, 11) is 1.72. The van der Waals surface area contributed by atoms with Gasteiger partial charge in [-0.15, -0.1) is 0 Å². The fraction of sp³-hybridized carbons (Fsp3) is 0.0417. The van der Waals surface area contributed by atoms with Crippen LogP contribution < -0.4 is 0 Å². The molecule has 0 aliphatic heterocycles. The van der Waals surface area contributed by atoms with Gasteiger partial charge in [0.25, 0.3) is 5.91 Å². The second kappa shape index (κ2) is 7.71. The van der Waals surface area contributed by atoms with Gasteiger partial charge in [-0.1, -0.05) is 90.2 Å². The van der Waals surface area contributed by atoms with Gasteiger partial charge in [-0.2, -0.15) is 0 Å². The van der Waals surface area contributed by atoms with Gasteiger partial charge < -0.3 is 10.0 Å². The molecule has 4 heteroatoms. The van der Waals surface area contributed by atoms with Crippen LogP contribution in [0.15, 0.2) is 91.1 Å². The second-order valence-corrected chi connectivity index (χ2v) is 7.50. The van der Waals surface area contributed by atoms with Gasteiger partial charge in [-0.3, -0.25) is 4.79 Å². The van der Waals surface area contributed by atoms with E-state index in [2.05, 4.69) is 0 Å². The molecule has 1 amide bonds. The van der Waals surface area contributed by atoms with Crippen molar-refractivity contribution in [3.05, 3.63) is 108 Å². The Bertz CT molecular complexity index is 1110. The van der Waals surface area contributed by atoms with E-state index in [0.29, 0.717) is 5.56 Å². The zero-order chi connectivity index (χ0) is 19.5. The number of carbonyl (C=O) groups excluding carboxylic acids is 1. The molecule has 28 heavy (non-hydrogen) atoms. The van der Waals surface area contributed by atoms with Crippen LogP contribution >= 0.6 is 11.3 Å². The molecule has 0 aliphatic rings. The van der Waals surface area contributed by atoms with Crippen molar-refractivity contribution in [1.82, 2.24) is 4.90 Å². The average Bonchev–Trinajstić information content (AvgIpc) is 3.08. The van der Waals surface area contributed by atoms with E-state index in [0.717, 1.165) is 26.8 Å². The summed E-state index contributed by atoms with van der Waals surface area (Å²) in [5.41, 5.74) is 3.33. The largest absolute Gasteiger partial charge is 0.499 e. The minimum atomic E-state index is -0.237. The normalized spacial score (nSPS) is 10.6. The molecule has 4 aromatic rings. The molecule has 0 spiro atoms. The van der Waals surface area contributed by atoms with Crippen molar-refractivity contribution in [3.8, 4) is 5.06 Å². The van der Waals surface area contributed by atoms with Crippen molar-refractivity contribution in [2.24, 2.45) is 0 Å². The number of hydrogen-bond donors (Lipinski definition) is 1. The Labute approximate surface area is 167 Å². The number of rotatable bonds is 4. The van der Waals surface area contributed by atoms with E-state index < -0.39 is 0 Å². The minimum Gasteiger partial charge on any atom is -0.499 e. The molecule has 0 aliphatic carbocycles. The van der Waals surface area contributed by atoms with E-state index >= 15 is 0 Å². The molecule has 3 aromatic carbocycles. The highest BCUT2D eigenvalue weighted by Gasteiger charge is 2.21. The summed E-state index contributed by atoms with van der Waals surface area (Å²) in [6.45, 7) is 0. The lowest BCUT2D eigenvalue weighted by atomic mass is 9.99. The van der Waals surface area contributed by atoms with E-state index in [9.17, 15) is 9.90 Å². The number of carbonyl (C=O) groups is 1. The van der Waals surface area contributed by atoms with Gasteiger partial charge in [0.15, 0.2) is 5.06 Å². The number of aromatic hydroxyl groups is 1. The lowest BCUT2D eigenvalue weighted by molar-refractivity contribution is 0.0850. The van der Waals surface area contributed by atoms with Gasteiger partial charge in [0.2, 0.25) is 0 Å². The molecule has 0 atom stereocenters. The van der Waals surface area contributed by atoms with Crippen molar-refractivity contribution in [1.29, 1.82) is 0 Å². The van der Waals surface area contributed by atoms with Gasteiger partial charge >= 0.3 is 0 Å². The molecule has 1 N–H and O–H groups in total. The lowest BCUT2D eigenvalue weighted by Crippen LogP contribution is -2.21. The predicted molar refractivity (Wildman–Crippen MR) is 116 cm³/mol. The maximum atomic E-state index is 13.2. The van der Waals surface area contributed by atoms with Crippen LogP contribution in [0.4, 0.5) is 0 Å². The van der Waals surface area contributed by atoms with E-state index in [-0.39, 0.29) is 11.0 Å². The third-order valence-corrected chi connectivity index (χ3v) is 5.58. The highest BCUT2D eigenvalue weighted by molar-refractivity contribution is 7.21. The molecule has 0 saturated heterocycles. The molecule has 0 bridgehead atoms. The standard InChI is InChI=1S/C24H19NO2S/c1-25(23(26)22-19-14-8-9-15-21(19)28-24(22)27)16-20(17-10-4-2-5-11-17)18-12-6-3-7-13-18/h2-16,27H,1H3. The number of nitrogens with zero attached hydrogens (tertiary/aromatic N) is 1. The highest BCUT2D eigenvalue weighted by atomic mass is 32.1. The van der Waals surface area contributed by atoms with Crippen LogP contribution in [0, 0.1) is 0 Å². The van der Waals surface area contributed by atoms with Gasteiger partial charge in [0.05, 0.1) is 0 Å². The Morgan fingerprint density at radius 1 is 0.857 bits per heavy atom. The maximum Gasteiger partial charge on any atom is 0.262 e. The summed E-state index contributed by atoms with van der Waals surface area (Å²) in [5.74, 6) is -0.237. The maximum absolute atomic E-state index is 13.2. The van der Waals surface area contributed by atoms with Crippen LogP contribution in [0.1, 0.15) is 21.5 Å². The summed E-state index contributed by atoms with van der Waals surface area (Å²) < 4.78 is 0.895. The fourth-order valence-corrected chi connectivity index (χ4v) is 4.15. The van der Waals surface area contributed by atoms with Crippen molar-refractivity contribution in [3.63, 3.8) is 0 Å². The first kappa shape index (κ1) is 18.0. The average molecular weight is 385 g/mol. The summed E-state index contributed by atoms with van der Waals surface area (Å²) in [6.07, 6.45) is 1.83. The highest BCUT2D eigenvalue weighted by Crippen LogP contribution is 2.37. The van der Waals surface area contributed by atoms with Gasteiger partial charge in [0, 0.05) is 28.9 Å². The summed E-state index contributed by atoms with van der Waals surface area (Å²) in [4.78, 5) is 14.7. The van der Waals surface area contributed by atoms with Crippen LogP contribution in [0.3, 0.4) is 0 Å². The smallest absolute Gasteiger partial charge is 0.262 e. The molecule has 0 unspecified atom stereocenters. The van der Waals surface area contributed by atoms with Crippen LogP contribution in [-0.4, -0.2) is 23.0 Å². The first-order valence-corrected chi connectivity index (χ1v) is 9.77. The summed E-state index contributed by atoms with van der Waals surface area (Å²) >= 11 is 1.22. The van der Waals surface area contributed by atoms with Crippen LogP contribution in [0.25, 0.3) is 15.7 Å². The minimum absolute atomic E-state index is 0.0485. The van der Waals surface area contributed by atoms with Crippen LogP contribution in [-0.2, 0) is 0 Å². The molecule has 1 aromatic heterocycles. The molecular formula is C24H19NO2S. The third-order valence-electron chi connectivity index (χ3n) is 4.60. The Hall–Kier alpha value is -3.37. The number of thiophene rings is 1. The monoisotopic (exact) mass is 385 g/mol. The van der Waals surface area contributed by atoms with Crippen LogP contribution in [0.5, 0.6) is 5.06 Å². The van der Waals surface area contributed by atoms with Crippen molar-refractivity contribution >= 4 is 32.9 Å². The first-order valence-electron chi connectivity index (χ1n) is 8.95. The van der Waals surface area contributed by atoms with Crippen molar-refractivity contribution in [2.45, 2.75) is 0 Å². The fourth-order valence-electron chi connectivity index (χ4n) is 3.22. The van der Waals surface area contributed by atoms with Gasteiger partial charge in [0.1, 0.15) is 5.56 Å². The van der Waals surface area contributed by atoms with E-state index in [1.165, 1.54) is 11.3 Å². The molecule has 4 rings (SSSR count). The predicted octanol–water partition coefficient (Wildman–Crippen LogP) is 5.77. The van der Waals surface area contributed by atoms with E-state index in [1.54, 1.807) is 11.9 Å². The summed E-state index contributed by atoms with van der Waals surface area (Å²) in [5, 5.41) is 11.2. The molecular weight excluding hydrogens is 366 g/mol. The lowest BCUT2D eigenvalue weighted by Gasteiger charge is -2.16. The number of fused-ring (bicyclic) bond motifs is 1. The zero-order valence-electron chi connectivity index (χ0n) is 15.4. The molecule has 0 radical (unpaired) electrons. The Balaban J connectivity index is 1.78. The topological polar surface area (TPSA) is 40.5 Å². The Kier molecular flexibility index (Phi) is 4.96. The van der Waals surface area contributed by atoms with E-state index in [1.807, 2.05) is 91.1 Å². The quantitative estimate of drug-likeness (QED) is 0.485. The van der Waals surface area contributed by atoms with Gasteiger partial charge in [-0.05, 0) is 17.2 Å². The third kappa shape index (κ3) is 3.42. The number of benzene rings is 3. The SMILES string of the molecule is CN(C=C(c1ccccc1)c1ccccc1)C(=O)c1c(O)sc2ccccc12. The van der Waals surface area contributed by atoms with Gasteiger partial charge in [-0.25, -0.2) is 0 Å². The van der Waals surface area contributed by atoms with Crippen molar-refractivity contribution < 1.29 is 9.90 Å². The van der Waals surface area contributed by atoms with E-state index in [4.69, 9.17) is 0 Å². The molecule has 3 nitrogen and oxygen atoms in total. The number of hydrogen-bond acceptors (Lipinski definition) is 3.